The average molecular weight is 520 g/mol. The van der Waals surface area contributed by atoms with Gasteiger partial charge < -0.3 is 14.9 Å². The minimum Gasteiger partial charge on any atom is -0.184 e. The topological polar surface area (TPSA) is 0 Å². The maximum atomic E-state index is 3.29. The second kappa shape index (κ2) is 22.7. The Bertz CT molecular complexity index is 678. The third-order valence-corrected chi connectivity index (χ3v) is 4.36. The zero-order valence-electron chi connectivity index (χ0n) is 21.3. The van der Waals surface area contributed by atoms with E-state index in [1.165, 1.54) is 22.3 Å². The van der Waals surface area contributed by atoms with Crippen molar-refractivity contribution in [3.8, 4) is 0 Å². The van der Waals surface area contributed by atoms with Crippen LogP contribution in [0.2, 0.25) is 0 Å². The van der Waals surface area contributed by atoms with Crippen LogP contribution in [0.5, 0.6) is 0 Å². The average Bonchev–Trinajstić information content (AvgIpc) is 3.24. The Kier molecular flexibility index (Phi) is 24.9. The molecular weight excluding hydrogens is 480 g/mol. The molecule has 0 amide bonds. The number of hydrogen-bond acceptors (Lipinski definition) is 0. The molecule has 0 aliphatic heterocycles. The van der Waals surface area contributed by atoms with Gasteiger partial charge in [0.25, 0.3) is 0 Å². The predicted octanol–water partition coefficient (Wildman–Crippen LogP) is 7.62. The molecule has 0 N–H and O–H groups in total. The van der Waals surface area contributed by atoms with Gasteiger partial charge in [-0.1, -0.05) is 53.4 Å². The van der Waals surface area contributed by atoms with E-state index in [1.54, 1.807) is 23.3 Å². The van der Waals surface area contributed by atoms with Crippen molar-refractivity contribution in [2.45, 2.75) is 41.5 Å². The summed E-state index contributed by atoms with van der Waals surface area (Å²) < 4.78 is 0. The van der Waals surface area contributed by atoms with E-state index in [2.05, 4.69) is 78.0 Å². The van der Waals surface area contributed by atoms with Crippen LogP contribution in [0.4, 0.5) is 0 Å². The molecule has 0 heterocycles. The van der Waals surface area contributed by atoms with E-state index in [-0.39, 0.29) is 14.9 Å². The first-order valence-corrected chi connectivity index (χ1v) is 16.1. The molecule has 0 nitrogen and oxygen atoms in total. The van der Waals surface area contributed by atoms with Crippen LogP contribution in [0.15, 0.2) is 95.1 Å². The second-order valence-electron chi connectivity index (χ2n) is 7.03. The van der Waals surface area contributed by atoms with E-state index >= 15 is 0 Å². The maximum Gasteiger partial charge on any atom is -0.171 e. The zero-order chi connectivity index (χ0) is 22.8. The van der Waals surface area contributed by atoms with E-state index in [1.807, 2.05) is 67.5 Å². The minimum atomic E-state index is 0. The number of rotatable bonds is 0. The van der Waals surface area contributed by atoms with Gasteiger partial charge in [0.2, 0.25) is 0 Å². The molecule has 0 radical (unpaired) electrons. The maximum absolute atomic E-state index is 3.29. The molecular formula is C30H40SiZr-6. The van der Waals surface area contributed by atoms with Crippen LogP contribution in [-0.4, -0.2) is 6.88 Å². The summed E-state index contributed by atoms with van der Waals surface area (Å²) in [6.07, 6.45) is 11.0. The molecule has 2 aromatic rings. The third kappa shape index (κ3) is 18.1. The molecule has 0 saturated heterocycles. The van der Waals surface area contributed by atoms with Gasteiger partial charge >= 0.3 is 30.2 Å². The normalized spacial score (nSPS) is 16.9. The van der Waals surface area contributed by atoms with Crippen molar-refractivity contribution >= 4 is 6.88 Å². The molecule has 2 aliphatic carbocycles. The van der Waals surface area contributed by atoms with Crippen LogP contribution in [0.3, 0.4) is 0 Å². The van der Waals surface area contributed by atoms with E-state index < -0.39 is 0 Å². The first kappa shape index (κ1) is 35.1. The molecule has 2 heteroatoms. The minimum absolute atomic E-state index is 0. The quantitative estimate of drug-likeness (QED) is 0.248. The summed E-state index contributed by atoms with van der Waals surface area (Å²) in [5.41, 5.74) is 5.44. The van der Waals surface area contributed by atoms with Crippen LogP contribution in [-0.2, 0) is 23.3 Å². The van der Waals surface area contributed by atoms with Gasteiger partial charge in [-0.2, -0.15) is 83.9 Å². The molecule has 0 aromatic heterocycles. The number of hydrogen-bond donors (Lipinski definition) is 0. The summed E-state index contributed by atoms with van der Waals surface area (Å²) in [5, 5.41) is 0. The van der Waals surface area contributed by atoms with Gasteiger partial charge in [-0.15, -0.1) is 0 Å². The Balaban J connectivity index is -0.000000337. The van der Waals surface area contributed by atoms with Crippen molar-refractivity contribution in [3.63, 3.8) is 0 Å². The molecule has 2 aromatic carbocycles. The molecule has 2 aliphatic rings. The van der Waals surface area contributed by atoms with Crippen molar-refractivity contribution in [1.82, 2.24) is 0 Å². The van der Waals surface area contributed by atoms with Gasteiger partial charge in [0.05, 0.1) is 0 Å². The van der Waals surface area contributed by atoms with Gasteiger partial charge in [0.15, 0.2) is 0 Å². The van der Waals surface area contributed by atoms with Crippen molar-refractivity contribution < 1.29 is 23.3 Å². The molecule has 174 valence electrons. The Morgan fingerprint density at radius 3 is 0.938 bits per heavy atom. The fraction of sp³-hybridized carbons (Fsp3) is 0.267. The van der Waals surface area contributed by atoms with Crippen molar-refractivity contribution in [2.75, 3.05) is 0 Å². The van der Waals surface area contributed by atoms with Gasteiger partial charge in [0.1, 0.15) is 0 Å². The standard InChI is InChI=1S/2C8H11.2C6H5.2CH3.H2Si.Zr/c2*1-6-4-7(2)8(3)5-6;2*1-2-4-6-5-3-1;;;;/h2*4,8H,1-3H3;2*1-5H;2*1H3;1H2;/q6*-1;;. The Hall–Kier alpha value is -1.50. The first-order chi connectivity index (χ1) is 14.4. The van der Waals surface area contributed by atoms with Crippen LogP contribution in [0.25, 0.3) is 0 Å². The Labute approximate surface area is 216 Å². The van der Waals surface area contributed by atoms with Gasteiger partial charge in [-0.3, -0.25) is 12.2 Å². The number of benzene rings is 2. The molecule has 0 bridgehead atoms. The van der Waals surface area contributed by atoms with Gasteiger partial charge in [-0.05, 0) is 0 Å². The Morgan fingerprint density at radius 1 is 0.594 bits per heavy atom. The van der Waals surface area contributed by atoms with E-state index in [4.69, 9.17) is 0 Å². The van der Waals surface area contributed by atoms with E-state index in [0.717, 1.165) is 0 Å². The van der Waals surface area contributed by atoms with Crippen LogP contribution < -0.4 is 0 Å². The van der Waals surface area contributed by atoms with Crippen molar-refractivity contribution in [3.05, 3.63) is 134 Å². The molecule has 4 rings (SSSR count). The van der Waals surface area contributed by atoms with Crippen molar-refractivity contribution in [1.29, 1.82) is 0 Å². The van der Waals surface area contributed by atoms with Crippen LogP contribution in [0, 0.1) is 51.0 Å². The number of allylic oxidation sites excluding steroid dienone is 8. The van der Waals surface area contributed by atoms with Crippen molar-refractivity contribution in [2.24, 2.45) is 11.8 Å². The largest absolute Gasteiger partial charge is 0.184 e. The summed E-state index contributed by atoms with van der Waals surface area (Å²) in [6, 6.07) is 25.0. The molecule has 0 fully saturated rings. The fourth-order valence-electron chi connectivity index (χ4n) is 2.61. The first-order valence-electron chi connectivity index (χ1n) is 10.1. The van der Waals surface area contributed by atoms with E-state index in [0.29, 0.717) is 11.8 Å². The summed E-state index contributed by atoms with van der Waals surface area (Å²) in [4.78, 5) is 0. The fourth-order valence-corrected chi connectivity index (χ4v) is 2.61. The molecule has 2 atom stereocenters. The Morgan fingerprint density at radius 2 is 0.875 bits per heavy atom. The molecule has 0 saturated carbocycles. The van der Waals surface area contributed by atoms with Gasteiger partial charge in [0, 0.05) is 0 Å². The summed E-state index contributed by atoms with van der Waals surface area (Å²) in [6.45, 7) is 14.8. The summed E-state index contributed by atoms with van der Waals surface area (Å²) in [5.74, 6) is 1.13. The van der Waals surface area contributed by atoms with Gasteiger partial charge in [-0.25, -0.2) is 23.3 Å². The molecule has 0 spiro atoms. The van der Waals surface area contributed by atoms with Crippen LogP contribution in [0.1, 0.15) is 41.5 Å². The summed E-state index contributed by atoms with van der Waals surface area (Å²) in [7, 11) is 0. The summed E-state index contributed by atoms with van der Waals surface area (Å²) >= 11 is 1.58. The van der Waals surface area contributed by atoms with Crippen LogP contribution >= 0.6 is 0 Å². The zero-order valence-corrected chi connectivity index (χ0v) is 25.2. The third-order valence-electron chi connectivity index (χ3n) is 4.36. The smallest absolute Gasteiger partial charge is 0.171 e. The SMILES string of the molecule is CC1=[C-]C(C)C(C)=C1.CC1=[C-]C(C)C(C)=C1.[CH3-].[CH3-].[SiH2]=[Zr].[c-]1ccccc1.[c-]1ccccc1. The predicted molar refractivity (Wildman–Crippen MR) is 143 cm³/mol. The van der Waals surface area contributed by atoms with E-state index in [9.17, 15) is 0 Å². The molecule has 32 heavy (non-hydrogen) atoms. The monoisotopic (exact) mass is 518 g/mol. The second-order valence-corrected chi connectivity index (χ2v) is 7.03. The molecule has 2 unspecified atom stereocenters.